The van der Waals surface area contributed by atoms with E-state index in [1.807, 2.05) is 0 Å². The number of unbranched alkanes of at least 4 members (excludes halogenated alkanes) is 1. The van der Waals surface area contributed by atoms with Gasteiger partial charge in [0.2, 0.25) is 5.69 Å². The van der Waals surface area contributed by atoms with E-state index < -0.39 is 0 Å². The molecular formula is C24H34N+. The molecule has 0 saturated heterocycles. The molecule has 1 nitrogen and oxygen atoms in total. The Bertz CT molecular complexity index is 746. The zero-order valence-electron chi connectivity index (χ0n) is 16.7. The molecule has 1 aliphatic heterocycles. The highest BCUT2D eigenvalue weighted by atomic mass is 15.0. The summed E-state index contributed by atoms with van der Waals surface area (Å²) in [5.74, 6) is 0.570. The molecule has 2 bridgehead atoms. The minimum atomic E-state index is 0.195. The van der Waals surface area contributed by atoms with E-state index in [0.29, 0.717) is 5.92 Å². The summed E-state index contributed by atoms with van der Waals surface area (Å²) in [6.07, 6.45) is 6.08. The molecule has 1 heteroatoms. The lowest BCUT2D eigenvalue weighted by Gasteiger charge is -2.35. The third-order valence-corrected chi connectivity index (χ3v) is 6.50. The van der Waals surface area contributed by atoms with E-state index in [-0.39, 0.29) is 5.41 Å². The second kappa shape index (κ2) is 7.32. The van der Waals surface area contributed by atoms with Crippen molar-refractivity contribution in [1.29, 1.82) is 0 Å². The first-order chi connectivity index (χ1) is 12.1. The quantitative estimate of drug-likeness (QED) is 0.555. The number of benzene rings is 1. The van der Waals surface area contributed by atoms with Crippen LogP contribution in [0.25, 0.3) is 11.3 Å². The molecule has 25 heavy (non-hydrogen) atoms. The summed E-state index contributed by atoms with van der Waals surface area (Å²) in [4.78, 5) is 0. The van der Waals surface area contributed by atoms with Crippen LogP contribution in [-0.4, -0.2) is 0 Å². The smallest absolute Gasteiger partial charge is 0.196 e. The topological polar surface area (TPSA) is 3.88 Å². The summed E-state index contributed by atoms with van der Waals surface area (Å²) in [7, 11) is 0. The third-order valence-electron chi connectivity index (χ3n) is 6.50. The maximum absolute atomic E-state index is 2.57. The van der Waals surface area contributed by atoms with Crippen molar-refractivity contribution in [3.05, 3.63) is 53.2 Å². The van der Waals surface area contributed by atoms with Crippen molar-refractivity contribution in [2.45, 2.75) is 84.6 Å². The summed E-state index contributed by atoms with van der Waals surface area (Å²) in [6, 6.07) is 14.3. The van der Waals surface area contributed by atoms with Crippen LogP contribution in [0, 0.1) is 0 Å². The molecular weight excluding hydrogens is 302 g/mol. The molecule has 2 heterocycles. The van der Waals surface area contributed by atoms with Crippen molar-refractivity contribution in [2.75, 3.05) is 0 Å². The lowest BCUT2D eigenvalue weighted by molar-refractivity contribution is -0.691. The molecule has 134 valence electrons. The van der Waals surface area contributed by atoms with Gasteiger partial charge in [-0.1, -0.05) is 46.2 Å². The minimum absolute atomic E-state index is 0.195. The first kappa shape index (κ1) is 18.2. The molecule has 0 radical (unpaired) electrons. The van der Waals surface area contributed by atoms with Crippen molar-refractivity contribution < 1.29 is 4.57 Å². The molecule has 2 unspecified atom stereocenters. The molecule has 2 aromatic rings. The van der Waals surface area contributed by atoms with Gasteiger partial charge < -0.3 is 0 Å². The van der Waals surface area contributed by atoms with Crippen LogP contribution in [-0.2, 0) is 18.4 Å². The molecule has 0 saturated carbocycles. The average molecular weight is 337 g/mol. The fraction of sp³-hybridized carbons (Fsp3) is 0.542. The zero-order chi connectivity index (χ0) is 18.0. The van der Waals surface area contributed by atoms with Gasteiger partial charge in [-0.2, -0.15) is 4.57 Å². The fourth-order valence-electron chi connectivity index (χ4n) is 4.90. The van der Waals surface area contributed by atoms with Crippen molar-refractivity contribution in [3.63, 3.8) is 0 Å². The third kappa shape index (κ3) is 2.92. The molecule has 1 aliphatic rings. The Balaban J connectivity index is 2.29. The highest BCUT2D eigenvalue weighted by Crippen LogP contribution is 2.48. The first-order valence-electron chi connectivity index (χ1n) is 10.3. The van der Waals surface area contributed by atoms with Gasteiger partial charge in [-0.05, 0) is 55.9 Å². The van der Waals surface area contributed by atoms with Gasteiger partial charge in [-0.15, -0.1) is 0 Å². The number of hydrogen-bond acceptors (Lipinski definition) is 0. The van der Waals surface area contributed by atoms with Crippen LogP contribution < -0.4 is 4.57 Å². The average Bonchev–Trinajstić information content (AvgIpc) is 2.69. The fourth-order valence-corrected chi connectivity index (χ4v) is 4.90. The van der Waals surface area contributed by atoms with Crippen LogP contribution >= 0.6 is 0 Å². The van der Waals surface area contributed by atoms with Crippen LogP contribution in [0.15, 0.2) is 36.4 Å². The van der Waals surface area contributed by atoms with Crippen molar-refractivity contribution in [2.24, 2.45) is 0 Å². The Labute approximate surface area is 154 Å². The molecule has 1 aromatic carbocycles. The molecule has 0 aliphatic carbocycles. The summed E-state index contributed by atoms with van der Waals surface area (Å²) in [6.45, 7) is 12.8. The SMILES string of the molecule is CCCCc1ccc2c(c1)-c1cccc([n+]1CC)C(CC)C2(C)CC. The number of fused-ring (bicyclic) bond motifs is 4. The molecule has 0 N–H and O–H groups in total. The minimum Gasteiger partial charge on any atom is -0.196 e. The van der Waals surface area contributed by atoms with Crippen molar-refractivity contribution >= 4 is 0 Å². The Kier molecular flexibility index (Phi) is 5.32. The van der Waals surface area contributed by atoms with E-state index in [9.17, 15) is 0 Å². The molecule has 1 aromatic heterocycles. The number of rotatable bonds is 6. The van der Waals surface area contributed by atoms with E-state index in [1.165, 1.54) is 54.6 Å². The van der Waals surface area contributed by atoms with E-state index in [0.717, 1.165) is 6.54 Å². The Hall–Kier alpha value is -1.63. The van der Waals surface area contributed by atoms with Gasteiger partial charge in [0.15, 0.2) is 5.69 Å². The molecule has 2 atom stereocenters. The van der Waals surface area contributed by atoms with Crippen LogP contribution in [0.1, 0.15) is 83.0 Å². The van der Waals surface area contributed by atoms with Gasteiger partial charge in [0, 0.05) is 17.5 Å². The lowest BCUT2D eigenvalue weighted by Crippen LogP contribution is -2.42. The highest BCUT2D eigenvalue weighted by molar-refractivity contribution is 5.66. The van der Waals surface area contributed by atoms with Gasteiger partial charge in [0.25, 0.3) is 0 Å². The van der Waals surface area contributed by atoms with Crippen LogP contribution in [0.3, 0.4) is 0 Å². The van der Waals surface area contributed by atoms with Crippen LogP contribution in [0.5, 0.6) is 0 Å². The number of hydrogen-bond donors (Lipinski definition) is 0. The lowest BCUT2D eigenvalue weighted by atomic mass is 9.66. The number of pyridine rings is 1. The summed E-state index contributed by atoms with van der Waals surface area (Å²) in [5.41, 5.74) is 7.62. The van der Waals surface area contributed by atoms with Crippen LogP contribution in [0.2, 0.25) is 0 Å². The summed E-state index contributed by atoms with van der Waals surface area (Å²) < 4.78 is 2.57. The van der Waals surface area contributed by atoms with E-state index in [4.69, 9.17) is 0 Å². The predicted molar refractivity (Wildman–Crippen MR) is 107 cm³/mol. The van der Waals surface area contributed by atoms with Gasteiger partial charge in [0.05, 0.1) is 11.5 Å². The standard InChI is InChI=1S/C24H34N/c1-6-10-12-18-15-16-21-19(17-18)22-13-11-14-23(25(22)9-4)20(7-2)24(21,5)8-3/h11,13-17,20H,6-10,12H2,1-5H3/q+1. The van der Waals surface area contributed by atoms with Gasteiger partial charge in [0.1, 0.15) is 6.54 Å². The van der Waals surface area contributed by atoms with E-state index in [2.05, 4.69) is 75.6 Å². The van der Waals surface area contributed by atoms with Gasteiger partial charge in [-0.25, -0.2) is 0 Å². The zero-order valence-corrected chi connectivity index (χ0v) is 16.7. The monoisotopic (exact) mass is 336 g/mol. The first-order valence-corrected chi connectivity index (χ1v) is 10.3. The second-order valence-corrected chi connectivity index (χ2v) is 7.80. The Morgan fingerprint density at radius 2 is 1.84 bits per heavy atom. The van der Waals surface area contributed by atoms with Crippen molar-refractivity contribution in [1.82, 2.24) is 0 Å². The molecule has 0 fully saturated rings. The second-order valence-electron chi connectivity index (χ2n) is 7.80. The predicted octanol–water partition coefficient (Wildman–Crippen LogP) is 6.18. The van der Waals surface area contributed by atoms with E-state index >= 15 is 0 Å². The number of aryl methyl sites for hydroxylation is 1. The Morgan fingerprint density at radius 1 is 1.04 bits per heavy atom. The van der Waals surface area contributed by atoms with Crippen LogP contribution in [0.4, 0.5) is 0 Å². The number of aromatic nitrogens is 1. The maximum atomic E-state index is 2.57. The number of nitrogens with zero attached hydrogens (tertiary/aromatic N) is 1. The van der Waals surface area contributed by atoms with Gasteiger partial charge in [-0.3, -0.25) is 0 Å². The normalized spacial score (nSPS) is 21.7. The Morgan fingerprint density at radius 3 is 2.48 bits per heavy atom. The summed E-state index contributed by atoms with van der Waals surface area (Å²) >= 11 is 0. The van der Waals surface area contributed by atoms with Gasteiger partial charge >= 0.3 is 0 Å². The molecule has 0 spiro atoms. The molecule has 3 rings (SSSR count). The van der Waals surface area contributed by atoms with E-state index in [1.54, 1.807) is 5.56 Å². The maximum Gasteiger partial charge on any atom is 0.212 e. The van der Waals surface area contributed by atoms with Crippen molar-refractivity contribution in [3.8, 4) is 11.3 Å². The molecule has 0 amide bonds. The largest absolute Gasteiger partial charge is 0.212 e. The summed E-state index contributed by atoms with van der Waals surface area (Å²) in [5, 5.41) is 0. The highest BCUT2D eigenvalue weighted by Gasteiger charge is 2.44.